The average molecular weight is 541 g/mol. The van der Waals surface area contributed by atoms with E-state index in [0.717, 1.165) is 38.9 Å². The molecule has 7 heteroatoms. The lowest BCUT2D eigenvalue weighted by atomic mass is 9.88. The normalized spacial score (nSPS) is 18.0. The van der Waals surface area contributed by atoms with Gasteiger partial charge in [-0.3, -0.25) is 14.5 Å². The second-order valence-corrected chi connectivity index (χ2v) is 10.7. The van der Waals surface area contributed by atoms with Crippen LogP contribution in [0.15, 0.2) is 103 Å². The predicted molar refractivity (Wildman–Crippen MR) is 158 cm³/mol. The molecule has 2 unspecified atom stereocenters. The minimum absolute atomic E-state index is 0.221. The number of benzene rings is 4. The number of amides is 4. The predicted octanol–water partition coefficient (Wildman–Crippen LogP) is 5.89. The molecular formula is C34H28N4O3. The molecule has 0 bridgehead atoms. The van der Waals surface area contributed by atoms with Crippen LogP contribution >= 0.6 is 0 Å². The number of carbonyl (C=O) groups excluding carboxylic acids is 3. The highest BCUT2D eigenvalue weighted by Crippen LogP contribution is 2.44. The Kier molecular flexibility index (Phi) is 5.93. The summed E-state index contributed by atoms with van der Waals surface area (Å²) in [5.41, 5.74) is 6.99. The lowest BCUT2D eigenvalue weighted by molar-refractivity contribution is -0.120. The molecule has 1 fully saturated rings. The Balaban J connectivity index is 1.20. The fourth-order valence-corrected chi connectivity index (χ4v) is 6.05. The molecule has 0 saturated carbocycles. The van der Waals surface area contributed by atoms with Crippen molar-refractivity contribution < 1.29 is 14.4 Å². The number of aromatic nitrogens is 1. The maximum absolute atomic E-state index is 14.0. The molecule has 4 aromatic carbocycles. The zero-order chi connectivity index (χ0) is 28.1. The monoisotopic (exact) mass is 540 g/mol. The summed E-state index contributed by atoms with van der Waals surface area (Å²) in [5.74, 6) is -0.481. The number of urea groups is 1. The topological polar surface area (TPSA) is 85.5 Å². The van der Waals surface area contributed by atoms with Crippen LogP contribution in [0.5, 0.6) is 0 Å². The van der Waals surface area contributed by atoms with Gasteiger partial charge in [0, 0.05) is 35.1 Å². The number of nitrogens with zero attached hydrogens (tertiary/aromatic N) is 2. The van der Waals surface area contributed by atoms with Crippen LogP contribution in [0.1, 0.15) is 44.3 Å². The first kappa shape index (κ1) is 24.8. The molecule has 4 amide bonds. The summed E-state index contributed by atoms with van der Waals surface area (Å²) in [7, 11) is 0. The van der Waals surface area contributed by atoms with Gasteiger partial charge < -0.3 is 10.3 Å². The zero-order valence-electron chi connectivity index (χ0n) is 22.5. The van der Waals surface area contributed by atoms with Gasteiger partial charge >= 0.3 is 6.03 Å². The van der Waals surface area contributed by atoms with E-state index in [-0.39, 0.29) is 17.8 Å². The molecule has 7 nitrogen and oxygen atoms in total. The Morgan fingerprint density at radius 3 is 2.34 bits per heavy atom. The van der Waals surface area contributed by atoms with E-state index < -0.39 is 12.1 Å². The zero-order valence-corrected chi connectivity index (χ0v) is 22.5. The van der Waals surface area contributed by atoms with Crippen LogP contribution in [0.2, 0.25) is 0 Å². The molecule has 3 heterocycles. The second-order valence-electron chi connectivity index (χ2n) is 10.7. The van der Waals surface area contributed by atoms with Gasteiger partial charge in [0.25, 0.3) is 11.8 Å². The van der Waals surface area contributed by atoms with Crippen molar-refractivity contribution in [2.45, 2.75) is 32.0 Å². The molecule has 2 aliphatic rings. The van der Waals surface area contributed by atoms with Crippen molar-refractivity contribution in [2.75, 3.05) is 4.90 Å². The van der Waals surface area contributed by atoms with Crippen LogP contribution in [0.25, 0.3) is 10.9 Å². The SMILES string of the molecule is Cc1ccc(C2c3[nH]c4ccccc4c3CC3C(=O)N(c4ccc(C(=O)NCc5ccccc5)cc4)C(=O)N32)cc1. The molecule has 2 atom stereocenters. The van der Waals surface area contributed by atoms with Gasteiger partial charge in [-0.25, -0.2) is 9.69 Å². The molecule has 2 N–H and O–H groups in total. The first-order valence-corrected chi connectivity index (χ1v) is 13.7. The van der Waals surface area contributed by atoms with E-state index in [2.05, 4.69) is 16.4 Å². The molecule has 0 radical (unpaired) electrons. The van der Waals surface area contributed by atoms with Crippen molar-refractivity contribution in [3.8, 4) is 0 Å². The molecule has 0 spiro atoms. The van der Waals surface area contributed by atoms with E-state index in [1.165, 1.54) is 4.90 Å². The van der Waals surface area contributed by atoms with Crippen molar-refractivity contribution in [3.63, 3.8) is 0 Å². The van der Waals surface area contributed by atoms with Crippen molar-refractivity contribution in [1.82, 2.24) is 15.2 Å². The second kappa shape index (κ2) is 9.78. The quantitative estimate of drug-likeness (QED) is 0.273. The van der Waals surface area contributed by atoms with Crippen LogP contribution in [0, 0.1) is 6.92 Å². The van der Waals surface area contributed by atoms with Gasteiger partial charge in [-0.1, -0.05) is 78.4 Å². The van der Waals surface area contributed by atoms with Crippen LogP contribution in [-0.2, 0) is 17.8 Å². The lowest BCUT2D eigenvalue weighted by Crippen LogP contribution is -2.44. The number of imide groups is 1. The van der Waals surface area contributed by atoms with E-state index in [4.69, 9.17) is 0 Å². The van der Waals surface area contributed by atoms with Gasteiger partial charge in [0.15, 0.2) is 0 Å². The fraction of sp³-hybridized carbons (Fsp3) is 0.147. The number of hydrogen-bond donors (Lipinski definition) is 2. The number of aryl methyl sites for hydroxylation is 1. The van der Waals surface area contributed by atoms with Gasteiger partial charge in [0.2, 0.25) is 0 Å². The van der Waals surface area contributed by atoms with Crippen molar-refractivity contribution in [1.29, 1.82) is 0 Å². The number of rotatable bonds is 5. The highest BCUT2D eigenvalue weighted by molar-refractivity contribution is 6.22. The summed E-state index contributed by atoms with van der Waals surface area (Å²) in [5, 5.41) is 3.99. The van der Waals surface area contributed by atoms with E-state index in [9.17, 15) is 14.4 Å². The fourth-order valence-electron chi connectivity index (χ4n) is 6.05. The number of anilines is 1. The molecule has 2 aliphatic heterocycles. The number of carbonyl (C=O) groups is 3. The minimum Gasteiger partial charge on any atom is -0.356 e. The summed E-state index contributed by atoms with van der Waals surface area (Å²) in [6, 6.07) is 31.1. The Hall–Kier alpha value is -5.17. The number of hydrogen-bond acceptors (Lipinski definition) is 3. The number of fused-ring (bicyclic) bond motifs is 4. The van der Waals surface area contributed by atoms with E-state index in [1.54, 1.807) is 29.2 Å². The third-order valence-corrected chi connectivity index (χ3v) is 8.13. The van der Waals surface area contributed by atoms with E-state index in [1.807, 2.05) is 79.7 Å². The van der Waals surface area contributed by atoms with Gasteiger partial charge in [0.1, 0.15) is 12.1 Å². The first-order valence-electron chi connectivity index (χ1n) is 13.7. The summed E-state index contributed by atoms with van der Waals surface area (Å²) in [6.45, 7) is 2.44. The Morgan fingerprint density at radius 2 is 1.59 bits per heavy atom. The van der Waals surface area contributed by atoms with E-state index in [0.29, 0.717) is 24.2 Å². The summed E-state index contributed by atoms with van der Waals surface area (Å²) >= 11 is 0. The summed E-state index contributed by atoms with van der Waals surface area (Å²) in [4.78, 5) is 47.2. The van der Waals surface area contributed by atoms with Gasteiger partial charge in [-0.15, -0.1) is 0 Å². The maximum atomic E-state index is 14.0. The van der Waals surface area contributed by atoms with Crippen LogP contribution in [0.4, 0.5) is 10.5 Å². The van der Waals surface area contributed by atoms with Crippen molar-refractivity contribution in [3.05, 3.63) is 137 Å². The Morgan fingerprint density at radius 1 is 0.878 bits per heavy atom. The average Bonchev–Trinajstić information content (AvgIpc) is 3.50. The number of para-hydroxylation sites is 1. The van der Waals surface area contributed by atoms with Crippen LogP contribution < -0.4 is 10.2 Å². The van der Waals surface area contributed by atoms with Crippen molar-refractivity contribution >= 4 is 34.4 Å². The number of nitrogens with one attached hydrogen (secondary N) is 2. The first-order chi connectivity index (χ1) is 20.0. The van der Waals surface area contributed by atoms with Crippen molar-refractivity contribution in [2.24, 2.45) is 0 Å². The van der Waals surface area contributed by atoms with Crippen LogP contribution in [0.3, 0.4) is 0 Å². The largest absolute Gasteiger partial charge is 0.356 e. The van der Waals surface area contributed by atoms with Gasteiger partial charge in [0.05, 0.1) is 5.69 Å². The molecule has 1 saturated heterocycles. The van der Waals surface area contributed by atoms with Crippen LogP contribution in [-0.4, -0.2) is 33.8 Å². The standard InChI is InChI=1S/C34H28N4O3/c1-21-11-13-23(14-12-21)31-30-27(26-9-5-6-10-28(26)36-30)19-29-33(40)37(34(41)38(29)31)25-17-15-24(16-18-25)32(39)35-20-22-7-3-2-4-8-22/h2-18,29,31,36H,19-20H2,1H3,(H,35,39). The molecule has 5 aromatic rings. The smallest absolute Gasteiger partial charge is 0.332 e. The highest BCUT2D eigenvalue weighted by Gasteiger charge is 2.53. The summed E-state index contributed by atoms with van der Waals surface area (Å²) < 4.78 is 0. The third kappa shape index (κ3) is 4.17. The molecular weight excluding hydrogens is 512 g/mol. The third-order valence-electron chi connectivity index (χ3n) is 8.13. The molecule has 202 valence electrons. The minimum atomic E-state index is -0.630. The number of H-pyrrole nitrogens is 1. The van der Waals surface area contributed by atoms with Gasteiger partial charge in [-0.05, 0) is 53.9 Å². The molecule has 41 heavy (non-hydrogen) atoms. The molecule has 0 aliphatic carbocycles. The Bertz CT molecular complexity index is 1790. The maximum Gasteiger partial charge on any atom is 0.332 e. The lowest BCUT2D eigenvalue weighted by Gasteiger charge is -2.36. The summed E-state index contributed by atoms with van der Waals surface area (Å²) in [6.07, 6.45) is 0.433. The number of aromatic amines is 1. The van der Waals surface area contributed by atoms with E-state index >= 15 is 0 Å². The Labute approximate surface area is 237 Å². The molecule has 1 aromatic heterocycles. The van der Waals surface area contributed by atoms with Gasteiger partial charge in [-0.2, -0.15) is 0 Å². The molecule has 7 rings (SSSR count). The highest BCUT2D eigenvalue weighted by atomic mass is 16.2.